The van der Waals surface area contributed by atoms with Crippen LogP contribution in [-0.2, 0) is 4.79 Å². The number of aromatic nitrogens is 2. The van der Waals surface area contributed by atoms with Crippen LogP contribution in [0.1, 0.15) is 44.1 Å². The van der Waals surface area contributed by atoms with Gasteiger partial charge >= 0.3 is 0 Å². The van der Waals surface area contributed by atoms with Crippen LogP contribution in [0.2, 0.25) is 0 Å². The van der Waals surface area contributed by atoms with Gasteiger partial charge in [0.2, 0.25) is 5.91 Å². The molecular weight excluding hydrogens is 284 g/mol. The molecule has 5 rings (SSSR count). The molecule has 4 aliphatic rings. The van der Waals surface area contributed by atoms with Crippen molar-refractivity contribution in [3.05, 3.63) is 11.8 Å². The summed E-state index contributed by atoms with van der Waals surface area (Å²) in [5.74, 6) is 2.92. The van der Waals surface area contributed by atoms with Gasteiger partial charge in [0, 0.05) is 0 Å². The molecule has 0 radical (unpaired) electrons. The first-order chi connectivity index (χ1) is 10.1. The number of hydrogen-bond acceptors (Lipinski definition) is 3. The number of nitrogens with two attached hydrogens (primary N) is 1. The lowest BCUT2D eigenvalue weighted by atomic mass is 9.49. The minimum atomic E-state index is -0.173. The first-order valence-electron chi connectivity index (χ1n) is 7.70. The molecule has 0 atom stereocenters. The first kappa shape index (κ1) is 13.2. The third-order valence-corrected chi connectivity index (χ3v) is 5.88. The lowest BCUT2D eigenvalue weighted by molar-refractivity contribution is -0.140. The van der Waals surface area contributed by atoms with Crippen LogP contribution in [0.4, 0.5) is 5.82 Å². The van der Waals surface area contributed by atoms with Gasteiger partial charge in [-0.15, -0.1) is 0 Å². The van der Waals surface area contributed by atoms with Crippen molar-refractivity contribution < 1.29 is 4.79 Å². The molecule has 21 heavy (non-hydrogen) atoms. The highest BCUT2D eigenvalue weighted by atomic mass is 32.1. The Kier molecular flexibility index (Phi) is 2.86. The maximum Gasteiger partial charge on any atom is 0.231 e. The number of carbonyl (C=O) groups excluding carboxylic acids is 1. The maximum absolute atomic E-state index is 12.9. The smallest absolute Gasteiger partial charge is 0.231 e. The highest BCUT2D eigenvalue weighted by Gasteiger charge is 2.54. The summed E-state index contributed by atoms with van der Waals surface area (Å²) in [6, 6.07) is 0. The summed E-state index contributed by atoms with van der Waals surface area (Å²) in [6.07, 6.45) is 8.68. The first-order valence-corrected chi connectivity index (χ1v) is 8.11. The van der Waals surface area contributed by atoms with Crippen LogP contribution in [0.3, 0.4) is 0 Å². The normalized spacial score (nSPS) is 36.7. The number of aromatic amines is 1. The summed E-state index contributed by atoms with van der Waals surface area (Å²) in [7, 11) is 0. The number of thiocarbonyl (C=S) groups is 1. The minimum Gasteiger partial charge on any atom is -0.389 e. The van der Waals surface area contributed by atoms with Crippen molar-refractivity contribution in [1.29, 1.82) is 0 Å². The topological polar surface area (TPSA) is 83.8 Å². The number of nitrogens with one attached hydrogen (secondary N) is 2. The zero-order valence-corrected chi connectivity index (χ0v) is 12.7. The Balaban J connectivity index is 1.57. The second-order valence-corrected chi connectivity index (χ2v) is 7.61. The number of rotatable bonds is 3. The van der Waals surface area contributed by atoms with Gasteiger partial charge in [-0.3, -0.25) is 9.89 Å². The van der Waals surface area contributed by atoms with E-state index in [1.165, 1.54) is 19.3 Å². The molecule has 4 saturated carbocycles. The zero-order valence-electron chi connectivity index (χ0n) is 11.9. The van der Waals surface area contributed by atoms with E-state index >= 15 is 0 Å². The molecule has 4 N–H and O–H groups in total. The van der Waals surface area contributed by atoms with Crippen LogP contribution >= 0.6 is 12.2 Å². The Morgan fingerprint density at radius 3 is 2.38 bits per heavy atom. The van der Waals surface area contributed by atoms with E-state index < -0.39 is 0 Å². The Bertz CT molecular complexity index is 573. The van der Waals surface area contributed by atoms with Crippen molar-refractivity contribution >= 4 is 28.9 Å². The predicted molar refractivity (Wildman–Crippen MR) is 83.7 cm³/mol. The fourth-order valence-corrected chi connectivity index (χ4v) is 5.36. The van der Waals surface area contributed by atoms with E-state index in [2.05, 4.69) is 15.5 Å². The second kappa shape index (κ2) is 4.53. The van der Waals surface area contributed by atoms with Crippen molar-refractivity contribution in [2.45, 2.75) is 38.5 Å². The standard InChI is InChI=1S/C15H20N4OS/c16-12(21)11-7-17-19-13(11)18-14(20)15-4-8-1-9(5-15)3-10(2-8)6-15/h7-10H,1-6H2,(H2,16,21)(H2,17,18,19,20). The molecule has 4 bridgehead atoms. The van der Waals surface area contributed by atoms with Crippen molar-refractivity contribution in [2.24, 2.45) is 28.9 Å². The van der Waals surface area contributed by atoms with Crippen LogP contribution in [0, 0.1) is 23.2 Å². The molecule has 0 saturated heterocycles. The average Bonchev–Trinajstić information content (AvgIpc) is 2.85. The number of hydrogen-bond donors (Lipinski definition) is 3. The van der Waals surface area contributed by atoms with Gasteiger partial charge < -0.3 is 11.1 Å². The average molecular weight is 304 g/mol. The quantitative estimate of drug-likeness (QED) is 0.748. The van der Waals surface area contributed by atoms with Crippen molar-refractivity contribution in [2.75, 3.05) is 5.32 Å². The van der Waals surface area contributed by atoms with Gasteiger partial charge in [0.1, 0.15) is 10.8 Å². The van der Waals surface area contributed by atoms with Crippen LogP contribution in [0.5, 0.6) is 0 Å². The molecule has 0 aliphatic heterocycles. The van der Waals surface area contributed by atoms with E-state index in [4.69, 9.17) is 18.0 Å². The van der Waals surface area contributed by atoms with Crippen LogP contribution in [0.15, 0.2) is 6.20 Å². The lowest BCUT2D eigenvalue weighted by Crippen LogP contribution is -2.51. The molecule has 1 amide bonds. The van der Waals surface area contributed by atoms with Gasteiger partial charge in [0.05, 0.1) is 17.2 Å². The molecule has 0 spiro atoms. The third-order valence-electron chi connectivity index (χ3n) is 5.66. The SMILES string of the molecule is NC(=S)c1cn[nH]c1NC(=O)C12CC3CC(CC(C3)C1)C2. The summed E-state index contributed by atoms with van der Waals surface area (Å²) in [5, 5.41) is 9.74. The summed E-state index contributed by atoms with van der Waals surface area (Å²) >= 11 is 4.99. The predicted octanol–water partition coefficient (Wildman–Crippen LogP) is 2.20. The van der Waals surface area contributed by atoms with E-state index in [9.17, 15) is 4.79 Å². The Morgan fingerprint density at radius 1 is 1.29 bits per heavy atom. The van der Waals surface area contributed by atoms with Crippen LogP contribution < -0.4 is 11.1 Å². The fraction of sp³-hybridized carbons (Fsp3) is 0.667. The molecule has 1 aromatic rings. The van der Waals surface area contributed by atoms with Gasteiger partial charge in [-0.05, 0) is 56.3 Å². The van der Waals surface area contributed by atoms with Gasteiger partial charge in [-0.25, -0.2) is 0 Å². The van der Waals surface area contributed by atoms with E-state index in [-0.39, 0.29) is 16.3 Å². The molecule has 112 valence electrons. The van der Waals surface area contributed by atoms with Gasteiger partial charge in [-0.2, -0.15) is 5.10 Å². The van der Waals surface area contributed by atoms with Crippen LogP contribution in [-0.4, -0.2) is 21.1 Å². The number of H-pyrrole nitrogens is 1. The monoisotopic (exact) mass is 304 g/mol. The molecule has 5 nitrogen and oxygen atoms in total. The van der Waals surface area contributed by atoms with E-state index in [0.717, 1.165) is 37.0 Å². The molecule has 0 unspecified atom stereocenters. The van der Waals surface area contributed by atoms with Crippen molar-refractivity contribution in [1.82, 2.24) is 10.2 Å². The molecular formula is C15H20N4OS. The molecule has 1 heterocycles. The molecule has 0 aromatic carbocycles. The summed E-state index contributed by atoms with van der Waals surface area (Å²) in [6.45, 7) is 0. The molecule has 1 aromatic heterocycles. The fourth-order valence-electron chi connectivity index (χ4n) is 5.20. The zero-order chi connectivity index (χ0) is 14.6. The Labute approximate surface area is 129 Å². The minimum absolute atomic E-state index is 0.128. The van der Waals surface area contributed by atoms with Crippen molar-refractivity contribution in [3.63, 3.8) is 0 Å². The third kappa shape index (κ3) is 2.08. The second-order valence-electron chi connectivity index (χ2n) is 7.17. The van der Waals surface area contributed by atoms with E-state index in [1.54, 1.807) is 6.20 Å². The summed E-state index contributed by atoms with van der Waals surface area (Å²) in [5.41, 5.74) is 6.10. The van der Waals surface area contributed by atoms with E-state index in [0.29, 0.717) is 11.4 Å². The van der Waals surface area contributed by atoms with E-state index in [1.807, 2.05) is 0 Å². The number of carbonyl (C=O) groups is 1. The lowest BCUT2D eigenvalue weighted by Gasteiger charge is -2.55. The number of anilines is 1. The van der Waals surface area contributed by atoms with Gasteiger partial charge in [-0.1, -0.05) is 12.2 Å². The maximum atomic E-state index is 12.9. The number of amides is 1. The number of nitrogens with zero attached hydrogens (tertiary/aromatic N) is 1. The van der Waals surface area contributed by atoms with Crippen molar-refractivity contribution in [3.8, 4) is 0 Å². The van der Waals surface area contributed by atoms with Gasteiger partial charge in [0.15, 0.2) is 0 Å². The Hall–Kier alpha value is -1.43. The summed E-state index contributed by atoms with van der Waals surface area (Å²) in [4.78, 5) is 13.2. The molecule has 4 aliphatic carbocycles. The highest BCUT2D eigenvalue weighted by molar-refractivity contribution is 7.80. The van der Waals surface area contributed by atoms with Crippen LogP contribution in [0.25, 0.3) is 0 Å². The molecule has 4 fully saturated rings. The Morgan fingerprint density at radius 2 is 1.86 bits per heavy atom. The largest absolute Gasteiger partial charge is 0.389 e. The van der Waals surface area contributed by atoms with Gasteiger partial charge in [0.25, 0.3) is 0 Å². The summed E-state index contributed by atoms with van der Waals surface area (Å²) < 4.78 is 0. The highest BCUT2D eigenvalue weighted by Crippen LogP contribution is 2.60. The molecule has 6 heteroatoms.